The third-order valence-corrected chi connectivity index (χ3v) is 4.79. The van der Waals surface area contributed by atoms with Gasteiger partial charge in [0.15, 0.2) is 0 Å². The molecule has 3 rings (SSSR count). The summed E-state index contributed by atoms with van der Waals surface area (Å²) in [4.78, 5) is 12.5. The van der Waals surface area contributed by atoms with Crippen molar-refractivity contribution in [3.05, 3.63) is 65.2 Å². The molecule has 1 N–H and O–H groups in total. The van der Waals surface area contributed by atoms with Gasteiger partial charge in [-0.3, -0.25) is 9.48 Å². The molecule has 6 heteroatoms. The Hall–Kier alpha value is -2.89. The third kappa shape index (κ3) is 3.69. The monoisotopic (exact) mass is 351 g/mol. The van der Waals surface area contributed by atoms with Gasteiger partial charge < -0.3 is 5.32 Å². The fraction of sp³-hybridized carbons (Fsp3) is 0.350. The molecule has 0 radical (unpaired) electrons. The maximum atomic E-state index is 12.5. The highest BCUT2D eigenvalue weighted by atomic mass is 16.1. The summed E-state index contributed by atoms with van der Waals surface area (Å²) in [6.45, 7) is 6.03. The van der Waals surface area contributed by atoms with Crippen LogP contribution in [0.2, 0.25) is 0 Å². The van der Waals surface area contributed by atoms with Crippen LogP contribution in [0, 0.1) is 13.8 Å². The molecule has 0 saturated heterocycles. The summed E-state index contributed by atoms with van der Waals surface area (Å²) in [7, 11) is 1.93. The van der Waals surface area contributed by atoms with E-state index in [-0.39, 0.29) is 11.9 Å². The van der Waals surface area contributed by atoms with Gasteiger partial charge in [0, 0.05) is 31.6 Å². The minimum Gasteiger partial charge on any atom is -0.349 e. The topological polar surface area (TPSA) is 64.7 Å². The van der Waals surface area contributed by atoms with E-state index in [0.717, 1.165) is 28.2 Å². The van der Waals surface area contributed by atoms with Crippen molar-refractivity contribution in [2.24, 2.45) is 7.05 Å². The first-order chi connectivity index (χ1) is 12.5. The molecule has 0 aliphatic heterocycles. The lowest BCUT2D eigenvalue weighted by Gasteiger charge is -2.18. The first kappa shape index (κ1) is 17.9. The van der Waals surface area contributed by atoms with Gasteiger partial charge in [-0.25, -0.2) is 4.68 Å². The zero-order valence-corrected chi connectivity index (χ0v) is 15.7. The Balaban J connectivity index is 1.67. The molecular formula is C20H25N5O. The van der Waals surface area contributed by atoms with Gasteiger partial charge in [-0.1, -0.05) is 18.2 Å². The fourth-order valence-electron chi connectivity index (χ4n) is 3.28. The maximum Gasteiger partial charge on any atom is 0.220 e. The van der Waals surface area contributed by atoms with Crippen LogP contribution in [0.15, 0.2) is 42.7 Å². The minimum atomic E-state index is -0.0982. The van der Waals surface area contributed by atoms with E-state index in [0.29, 0.717) is 12.8 Å². The van der Waals surface area contributed by atoms with Crippen LogP contribution in [0.4, 0.5) is 0 Å². The quantitative estimate of drug-likeness (QED) is 0.742. The van der Waals surface area contributed by atoms with Gasteiger partial charge in [-0.15, -0.1) is 0 Å². The zero-order chi connectivity index (χ0) is 18.7. The number of benzene rings is 1. The largest absolute Gasteiger partial charge is 0.349 e. The zero-order valence-electron chi connectivity index (χ0n) is 15.7. The number of aryl methyl sites for hydroxylation is 2. The Labute approximate surface area is 153 Å². The number of nitrogens with one attached hydrogen (secondary N) is 1. The summed E-state index contributed by atoms with van der Waals surface area (Å²) in [5, 5.41) is 11.8. The normalized spacial score (nSPS) is 12.2. The van der Waals surface area contributed by atoms with E-state index < -0.39 is 0 Å². The lowest BCUT2D eigenvalue weighted by molar-refractivity contribution is -0.121. The number of aromatic nitrogens is 4. The molecule has 0 aliphatic carbocycles. The number of nitrogens with zero attached hydrogens (tertiary/aromatic N) is 4. The molecule has 136 valence electrons. The lowest BCUT2D eigenvalue weighted by Crippen LogP contribution is -2.27. The second-order valence-corrected chi connectivity index (χ2v) is 6.57. The van der Waals surface area contributed by atoms with Crippen LogP contribution < -0.4 is 5.32 Å². The summed E-state index contributed by atoms with van der Waals surface area (Å²) < 4.78 is 3.69. The summed E-state index contributed by atoms with van der Waals surface area (Å²) >= 11 is 0. The van der Waals surface area contributed by atoms with Crippen LogP contribution in [0.5, 0.6) is 0 Å². The summed E-state index contributed by atoms with van der Waals surface area (Å²) in [5.74, 6) is 0.0374. The summed E-state index contributed by atoms with van der Waals surface area (Å²) in [6.07, 6.45) is 4.80. The van der Waals surface area contributed by atoms with Gasteiger partial charge in [-0.2, -0.15) is 10.2 Å². The highest BCUT2D eigenvalue weighted by Crippen LogP contribution is 2.21. The van der Waals surface area contributed by atoms with Crippen molar-refractivity contribution in [2.75, 3.05) is 0 Å². The first-order valence-electron chi connectivity index (χ1n) is 8.84. The van der Waals surface area contributed by atoms with Gasteiger partial charge in [0.25, 0.3) is 0 Å². The van der Waals surface area contributed by atoms with Crippen molar-refractivity contribution >= 4 is 5.91 Å². The van der Waals surface area contributed by atoms with Crippen molar-refractivity contribution in [3.63, 3.8) is 0 Å². The number of carbonyl (C=O) groups excluding carboxylic acids is 1. The smallest absolute Gasteiger partial charge is 0.220 e. The van der Waals surface area contributed by atoms with Gasteiger partial charge in [-0.05, 0) is 50.5 Å². The number of para-hydroxylation sites is 1. The predicted molar refractivity (Wildman–Crippen MR) is 101 cm³/mol. The Morgan fingerprint density at radius 2 is 2.00 bits per heavy atom. The van der Waals surface area contributed by atoms with Crippen molar-refractivity contribution in [1.82, 2.24) is 24.9 Å². The summed E-state index contributed by atoms with van der Waals surface area (Å²) in [6, 6.07) is 9.78. The second-order valence-electron chi connectivity index (χ2n) is 6.57. The SMILES string of the molecule is Cc1nn(C)c(C)c1CCC(=O)N[C@@H](C)c1ccccc1-n1cccn1. The molecule has 2 heterocycles. The Kier molecular flexibility index (Phi) is 5.21. The van der Waals surface area contributed by atoms with Crippen LogP contribution >= 0.6 is 0 Å². The van der Waals surface area contributed by atoms with Crippen molar-refractivity contribution in [2.45, 2.75) is 39.7 Å². The van der Waals surface area contributed by atoms with Gasteiger partial charge >= 0.3 is 0 Å². The Bertz CT molecular complexity index is 895. The van der Waals surface area contributed by atoms with Gasteiger partial charge in [0.05, 0.1) is 17.4 Å². The maximum absolute atomic E-state index is 12.5. The molecule has 0 unspecified atom stereocenters. The molecule has 1 atom stereocenters. The predicted octanol–water partition coefficient (Wildman–Crippen LogP) is 3.03. The highest BCUT2D eigenvalue weighted by molar-refractivity contribution is 5.77. The average molecular weight is 351 g/mol. The van der Waals surface area contributed by atoms with Crippen molar-refractivity contribution < 1.29 is 4.79 Å². The number of rotatable bonds is 6. The van der Waals surface area contributed by atoms with Crippen LogP contribution in [-0.2, 0) is 18.3 Å². The molecule has 26 heavy (non-hydrogen) atoms. The number of hydrogen-bond donors (Lipinski definition) is 1. The molecule has 0 saturated carbocycles. The van der Waals surface area contributed by atoms with E-state index in [2.05, 4.69) is 15.5 Å². The molecule has 0 bridgehead atoms. The van der Waals surface area contributed by atoms with Crippen LogP contribution in [0.25, 0.3) is 5.69 Å². The second kappa shape index (κ2) is 7.56. The van der Waals surface area contributed by atoms with E-state index in [1.807, 2.05) is 73.7 Å². The van der Waals surface area contributed by atoms with E-state index in [1.165, 1.54) is 0 Å². The molecule has 0 spiro atoms. The lowest BCUT2D eigenvalue weighted by atomic mass is 10.0. The van der Waals surface area contributed by atoms with Gasteiger partial charge in [0.2, 0.25) is 5.91 Å². The van der Waals surface area contributed by atoms with Crippen LogP contribution in [0.3, 0.4) is 0 Å². The number of hydrogen-bond acceptors (Lipinski definition) is 3. The Morgan fingerprint density at radius 3 is 2.65 bits per heavy atom. The van der Waals surface area contributed by atoms with E-state index >= 15 is 0 Å². The molecule has 6 nitrogen and oxygen atoms in total. The van der Waals surface area contributed by atoms with Crippen molar-refractivity contribution in [3.8, 4) is 5.69 Å². The standard InChI is InChI=1S/C20H25N5O/c1-14(18-8-5-6-9-19(18)25-13-7-12-21-25)22-20(26)11-10-17-15(2)23-24(4)16(17)3/h5-9,12-14H,10-11H2,1-4H3,(H,22,26)/t14-/m0/s1. The highest BCUT2D eigenvalue weighted by Gasteiger charge is 2.16. The number of amides is 1. The van der Waals surface area contributed by atoms with Crippen LogP contribution in [0.1, 0.15) is 41.9 Å². The third-order valence-electron chi connectivity index (χ3n) is 4.79. The first-order valence-corrected chi connectivity index (χ1v) is 8.84. The van der Waals surface area contributed by atoms with E-state index in [1.54, 1.807) is 6.20 Å². The minimum absolute atomic E-state index is 0.0374. The molecule has 0 aliphatic rings. The average Bonchev–Trinajstić information content (AvgIpc) is 3.23. The van der Waals surface area contributed by atoms with Crippen molar-refractivity contribution in [1.29, 1.82) is 0 Å². The van der Waals surface area contributed by atoms with E-state index in [9.17, 15) is 4.79 Å². The Morgan fingerprint density at radius 1 is 1.23 bits per heavy atom. The van der Waals surface area contributed by atoms with Crippen LogP contribution in [-0.4, -0.2) is 25.5 Å². The molecular weight excluding hydrogens is 326 g/mol. The number of carbonyl (C=O) groups is 1. The van der Waals surface area contributed by atoms with E-state index in [4.69, 9.17) is 0 Å². The molecule has 1 amide bonds. The molecule has 0 fully saturated rings. The van der Waals surface area contributed by atoms with Gasteiger partial charge in [0.1, 0.15) is 0 Å². The fourth-order valence-corrected chi connectivity index (χ4v) is 3.28. The molecule has 1 aromatic carbocycles. The summed E-state index contributed by atoms with van der Waals surface area (Å²) in [5.41, 5.74) is 5.29. The molecule has 3 aromatic rings. The molecule has 2 aromatic heterocycles.